The Bertz CT molecular complexity index is 1140. The Balaban J connectivity index is 0.00000245. The summed E-state index contributed by atoms with van der Waals surface area (Å²) < 4.78 is 16.5. The van der Waals surface area contributed by atoms with Gasteiger partial charge in [-0.1, -0.05) is 36.4 Å². The molecule has 31 heavy (non-hydrogen) atoms. The quantitative estimate of drug-likeness (QED) is 0.606. The largest absolute Gasteiger partial charge is 0.496 e. The molecule has 0 spiro atoms. The molecule has 1 saturated carbocycles. The Hall–Kier alpha value is -3.31. The second-order valence-electron chi connectivity index (χ2n) is 8.19. The first-order valence-electron chi connectivity index (χ1n) is 10.5. The molecule has 160 valence electrons. The summed E-state index contributed by atoms with van der Waals surface area (Å²) in [6, 6.07) is 20.0. The zero-order chi connectivity index (χ0) is 21.4. The zero-order valence-corrected chi connectivity index (χ0v) is 17.5. The average molecular weight is 418 g/mol. The Morgan fingerprint density at radius 1 is 1.00 bits per heavy atom. The minimum atomic E-state index is -0.413. The zero-order valence-electron chi connectivity index (χ0n) is 17.5. The van der Waals surface area contributed by atoms with Crippen LogP contribution >= 0.6 is 0 Å². The van der Waals surface area contributed by atoms with Crippen molar-refractivity contribution in [1.82, 2.24) is 0 Å². The number of ketones is 1. The number of rotatable bonds is 7. The van der Waals surface area contributed by atoms with Crippen LogP contribution in [0.3, 0.4) is 0 Å². The lowest BCUT2D eigenvalue weighted by atomic mass is 9.87. The van der Waals surface area contributed by atoms with Crippen molar-refractivity contribution in [2.45, 2.75) is 31.2 Å². The normalized spacial score (nSPS) is 15.5. The molecule has 2 N–H and O–H groups in total. The summed E-state index contributed by atoms with van der Waals surface area (Å²) >= 11 is 0. The van der Waals surface area contributed by atoms with Crippen molar-refractivity contribution < 1.29 is 20.4 Å². The number of benzene rings is 3. The highest BCUT2D eigenvalue weighted by molar-refractivity contribution is 5.95. The van der Waals surface area contributed by atoms with E-state index in [4.69, 9.17) is 19.9 Å². The molecule has 3 aromatic carbocycles. The van der Waals surface area contributed by atoms with Gasteiger partial charge in [0.1, 0.15) is 11.5 Å². The highest BCUT2D eigenvalue weighted by Gasteiger charge is 2.50. The Morgan fingerprint density at radius 2 is 1.74 bits per heavy atom. The lowest BCUT2D eigenvalue weighted by Crippen LogP contribution is -2.22. The van der Waals surface area contributed by atoms with Crippen LogP contribution in [0.25, 0.3) is 11.1 Å². The molecule has 1 fully saturated rings. The molecular formula is C26H27NO4. The third kappa shape index (κ3) is 3.55. The van der Waals surface area contributed by atoms with Crippen molar-refractivity contribution in [3.63, 3.8) is 0 Å². The van der Waals surface area contributed by atoms with Gasteiger partial charge in [-0.2, -0.15) is 0 Å². The maximum absolute atomic E-state index is 13.4. The van der Waals surface area contributed by atoms with E-state index >= 15 is 0 Å². The second-order valence-corrected chi connectivity index (χ2v) is 8.19. The average Bonchev–Trinajstić information content (AvgIpc) is 3.50. The number of nitrogens with two attached hydrogens (primary N) is 1. The number of carbonyl (C=O) groups excluding carboxylic acids is 1. The van der Waals surface area contributed by atoms with Crippen LogP contribution in [0.15, 0.2) is 60.7 Å². The minimum absolute atomic E-state index is 0. The monoisotopic (exact) mass is 417 g/mol. The van der Waals surface area contributed by atoms with E-state index in [0.29, 0.717) is 13.0 Å². The molecule has 0 aromatic heterocycles. The van der Waals surface area contributed by atoms with Crippen molar-refractivity contribution in [3.05, 3.63) is 77.4 Å². The van der Waals surface area contributed by atoms with E-state index in [0.717, 1.165) is 57.9 Å². The first kappa shape index (κ1) is 19.6. The van der Waals surface area contributed by atoms with Gasteiger partial charge < -0.3 is 19.9 Å². The van der Waals surface area contributed by atoms with E-state index in [1.807, 2.05) is 54.6 Å². The van der Waals surface area contributed by atoms with Crippen molar-refractivity contribution in [2.75, 3.05) is 13.9 Å². The molecule has 5 nitrogen and oxygen atoms in total. The number of ether oxygens (including phenoxy) is 3. The molecule has 2 aliphatic rings. The van der Waals surface area contributed by atoms with Gasteiger partial charge in [0.2, 0.25) is 6.79 Å². The van der Waals surface area contributed by atoms with Crippen LogP contribution in [0, 0.1) is 0 Å². The summed E-state index contributed by atoms with van der Waals surface area (Å²) in [5.74, 6) is 2.49. The van der Waals surface area contributed by atoms with Gasteiger partial charge >= 0.3 is 0 Å². The number of Topliss-reactive ketones (excluding diaryl/α,β-unsaturated/α-hetero) is 1. The molecule has 1 heterocycles. The van der Waals surface area contributed by atoms with Crippen LogP contribution in [0.5, 0.6) is 17.2 Å². The number of methoxy groups -OCH3 is 1. The molecule has 5 rings (SSSR count). The van der Waals surface area contributed by atoms with Crippen LogP contribution in [0.2, 0.25) is 0 Å². The van der Waals surface area contributed by atoms with Crippen molar-refractivity contribution >= 4 is 5.78 Å². The summed E-state index contributed by atoms with van der Waals surface area (Å²) in [6.45, 7) is 0.745. The van der Waals surface area contributed by atoms with Crippen molar-refractivity contribution in [3.8, 4) is 28.4 Å². The minimum Gasteiger partial charge on any atom is -0.496 e. The molecule has 0 atom stereocenters. The molecule has 0 amide bonds. The molecular weight excluding hydrogens is 390 g/mol. The van der Waals surface area contributed by atoms with E-state index in [2.05, 4.69) is 6.07 Å². The molecule has 0 radical (unpaired) electrons. The van der Waals surface area contributed by atoms with Crippen molar-refractivity contribution in [1.29, 1.82) is 0 Å². The van der Waals surface area contributed by atoms with E-state index in [-0.39, 0.29) is 14.0 Å². The van der Waals surface area contributed by atoms with Crippen LogP contribution in [0.4, 0.5) is 0 Å². The van der Waals surface area contributed by atoms with Crippen molar-refractivity contribution in [2.24, 2.45) is 5.73 Å². The first-order valence-corrected chi connectivity index (χ1v) is 10.5. The summed E-state index contributed by atoms with van der Waals surface area (Å²) in [5, 5.41) is 0. The van der Waals surface area contributed by atoms with Crippen LogP contribution in [0.1, 0.15) is 31.0 Å². The standard InChI is InChI=1S/C26H25NO4.H2/c1-29-22-8-4-18(12-21(22)19-5-2-17(15-27)3-6-19)13-25(28)26(10-11-26)20-7-9-23-24(14-20)31-16-30-23;/h2-9,12,14H,10-11,13,15-16,27H2,1H3;1H. The second kappa shape index (κ2) is 7.75. The molecule has 0 bridgehead atoms. The number of fused-ring (bicyclic) bond motifs is 1. The van der Waals surface area contributed by atoms with Crippen LogP contribution in [-0.4, -0.2) is 19.7 Å². The van der Waals surface area contributed by atoms with Gasteiger partial charge in [-0.15, -0.1) is 0 Å². The summed E-state index contributed by atoms with van der Waals surface area (Å²) in [6.07, 6.45) is 2.12. The van der Waals surface area contributed by atoms with E-state index < -0.39 is 5.41 Å². The maximum atomic E-state index is 13.4. The molecule has 1 aliphatic carbocycles. The lowest BCUT2D eigenvalue weighted by Gasteiger charge is -2.16. The molecule has 0 saturated heterocycles. The third-order valence-corrected chi connectivity index (χ3v) is 6.34. The van der Waals surface area contributed by atoms with E-state index in [1.54, 1.807) is 7.11 Å². The highest BCUT2D eigenvalue weighted by atomic mass is 16.7. The van der Waals surface area contributed by atoms with E-state index in [9.17, 15) is 4.79 Å². The number of hydrogen-bond donors (Lipinski definition) is 1. The number of carbonyl (C=O) groups is 1. The summed E-state index contributed by atoms with van der Waals surface area (Å²) in [5.41, 5.74) is 10.4. The fraction of sp³-hybridized carbons (Fsp3) is 0.269. The molecule has 5 heteroatoms. The van der Waals surface area contributed by atoms with Gasteiger partial charge in [0.15, 0.2) is 11.5 Å². The van der Waals surface area contributed by atoms with Gasteiger partial charge in [0.25, 0.3) is 0 Å². The smallest absolute Gasteiger partial charge is 0.231 e. The van der Waals surface area contributed by atoms with Gasteiger partial charge in [-0.05, 0) is 59.4 Å². The molecule has 1 aliphatic heterocycles. The van der Waals surface area contributed by atoms with Gasteiger partial charge in [-0.25, -0.2) is 0 Å². The Kier molecular flexibility index (Phi) is 4.91. The van der Waals surface area contributed by atoms with Gasteiger partial charge in [-0.3, -0.25) is 4.79 Å². The van der Waals surface area contributed by atoms with Crippen LogP contribution in [-0.2, 0) is 23.2 Å². The first-order chi connectivity index (χ1) is 15.1. The lowest BCUT2D eigenvalue weighted by molar-refractivity contribution is -0.120. The summed E-state index contributed by atoms with van der Waals surface area (Å²) in [4.78, 5) is 13.4. The molecule has 0 unspecified atom stereocenters. The fourth-order valence-corrected chi connectivity index (χ4v) is 4.31. The Morgan fingerprint density at radius 3 is 2.45 bits per heavy atom. The van der Waals surface area contributed by atoms with Crippen LogP contribution < -0.4 is 19.9 Å². The molecule has 3 aromatic rings. The highest BCUT2D eigenvalue weighted by Crippen LogP contribution is 2.51. The van der Waals surface area contributed by atoms with Gasteiger partial charge in [0, 0.05) is 20.0 Å². The predicted octanol–water partition coefficient (Wildman–Crippen LogP) is 4.64. The fourth-order valence-electron chi connectivity index (χ4n) is 4.31. The summed E-state index contributed by atoms with van der Waals surface area (Å²) in [7, 11) is 1.66. The van der Waals surface area contributed by atoms with Gasteiger partial charge in [0.05, 0.1) is 12.5 Å². The SMILES string of the molecule is COc1ccc(CC(=O)C2(c3ccc4c(c3)OCO4)CC2)cc1-c1ccc(CN)cc1.[HH]. The predicted molar refractivity (Wildman–Crippen MR) is 121 cm³/mol. The Labute approximate surface area is 183 Å². The maximum Gasteiger partial charge on any atom is 0.231 e. The third-order valence-electron chi connectivity index (χ3n) is 6.34. The topological polar surface area (TPSA) is 70.8 Å². The number of hydrogen-bond acceptors (Lipinski definition) is 5. The van der Waals surface area contributed by atoms with E-state index in [1.165, 1.54) is 0 Å².